The zero-order valence-corrected chi connectivity index (χ0v) is 12.1. The Labute approximate surface area is 121 Å². The molecule has 0 nitrogen and oxygen atoms in total. The third-order valence-corrected chi connectivity index (χ3v) is 3.34. The van der Waals surface area contributed by atoms with Crippen molar-refractivity contribution >= 4 is 0 Å². The summed E-state index contributed by atoms with van der Waals surface area (Å²) in [6.07, 6.45) is -4.54. The highest BCUT2D eigenvalue weighted by Crippen LogP contribution is 2.34. The lowest BCUT2D eigenvalue weighted by molar-refractivity contribution is -0.137. The predicted molar refractivity (Wildman–Crippen MR) is 75.5 cm³/mol. The summed E-state index contributed by atoms with van der Waals surface area (Å²) in [6.45, 7) is 6.07. The highest BCUT2D eigenvalue weighted by molar-refractivity contribution is 5.65. The lowest BCUT2D eigenvalue weighted by Gasteiger charge is -2.20. The molecule has 0 heterocycles. The molecule has 0 aliphatic rings. The van der Waals surface area contributed by atoms with E-state index in [1.165, 1.54) is 6.07 Å². The van der Waals surface area contributed by atoms with Crippen molar-refractivity contribution in [1.29, 1.82) is 0 Å². The first-order chi connectivity index (χ1) is 9.59. The highest BCUT2D eigenvalue weighted by Gasteiger charge is 2.31. The van der Waals surface area contributed by atoms with Crippen LogP contribution in [0.2, 0.25) is 0 Å². The molecule has 4 heteroatoms. The van der Waals surface area contributed by atoms with Gasteiger partial charge in [-0.1, -0.05) is 51.1 Å². The molecule has 0 saturated carbocycles. The van der Waals surface area contributed by atoms with Crippen molar-refractivity contribution in [2.45, 2.75) is 32.4 Å². The molecule has 0 aliphatic heterocycles. The number of alkyl halides is 3. The molecular formula is C17H16F4. The van der Waals surface area contributed by atoms with Crippen LogP contribution in [0.1, 0.15) is 31.9 Å². The van der Waals surface area contributed by atoms with Crippen molar-refractivity contribution in [3.8, 4) is 11.1 Å². The van der Waals surface area contributed by atoms with Crippen molar-refractivity contribution in [2.24, 2.45) is 0 Å². The Balaban J connectivity index is 2.48. The first-order valence-corrected chi connectivity index (χ1v) is 6.57. The van der Waals surface area contributed by atoms with E-state index in [-0.39, 0.29) is 11.0 Å². The van der Waals surface area contributed by atoms with Gasteiger partial charge < -0.3 is 0 Å². The summed E-state index contributed by atoms with van der Waals surface area (Å²) in [5.74, 6) is -0.865. The van der Waals surface area contributed by atoms with Crippen LogP contribution in [0.15, 0.2) is 42.5 Å². The van der Waals surface area contributed by atoms with Gasteiger partial charge in [0.1, 0.15) is 5.82 Å². The number of rotatable bonds is 1. The first kappa shape index (κ1) is 15.5. The van der Waals surface area contributed by atoms with Crippen LogP contribution in [0.3, 0.4) is 0 Å². The maximum absolute atomic E-state index is 14.0. The minimum atomic E-state index is -4.54. The number of benzene rings is 2. The molecule has 0 fully saturated rings. The van der Waals surface area contributed by atoms with Crippen LogP contribution >= 0.6 is 0 Å². The van der Waals surface area contributed by atoms with Crippen LogP contribution in [0.25, 0.3) is 11.1 Å². The maximum atomic E-state index is 14.0. The van der Waals surface area contributed by atoms with Gasteiger partial charge in [0.25, 0.3) is 0 Å². The van der Waals surface area contributed by atoms with Crippen LogP contribution in [-0.4, -0.2) is 0 Å². The van der Waals surface area contributed by atoms with Gasteiger partial charge in [-0.05, 0) is 28.7 Å². The second kappa shape index (κ2) is 5.17. The van der Waals surface area contributed by atoms with Gasteiger partial charge in [-0.2, -0.15) is 13.2 Å². The monoisotopic (exact) mass is 296 g/mol. The van der Waals surface area contributed by atoms with Gasteiger partial charge in [-0.15, -0.1) is 0 Å². The summed E-state index contributed by atoms with van der Waals surface area (Å²) in [6, 6.07) is 9.84. The van der Waals surface area contributed by atoms with Crippen LogP contribution in [0, 0.1) is 5.82 Å². The van der Waals surface area contributed by atoms with Gasteiger partial charge in [-0.3, -0.25) is 0 Å². The summed E-state index contributed by atoms with van der Waals surface area (Å²) in [7, 11) is 0. The molecule has 21 heavy (non-hydrogen) atoms. The molecule has 0 saturated heterocycles. The molecule has 0 aromatic heterocycles. The summed E-state index contributed by atoms with van der Waals surface area (Å²) in [5, 5.41) is 0. The van der Waals surface area contributed by atoms with Crippen LogP contribution in [0.4, 0.5) is 17.6 Å². The minimum absolute atomic E-state index is 0.113. The van der Waals surface area contributed by atoms with E-state index >= 15 is 0 Å². The molecule has 0 radical (unpaired) electrons. The van der Waals surface area contributed by atoms with E-state index in [1.807, 2.05) is 32.9 Å². The minimum Gasteiger partial charge on any atom is -0.206 e. The quantitative estimate of drug-likeness (QED) is 0.583. The molecule has 0 unspecified atom stereocenters. The van der Waals surface area contributed by atoms with Crippen molar-refractivity contribution in [3.63, 3.8) is 0 Å². The van der Waals surface area contributed by atoms with Crippen molar-refractivity contribution in [2.75, 3.05) is 0 Å². The molecule has 0 atom stereocenters. The predicted octanol–water partition coefficient (Wildman–Crippen LogP) is 5.81. The molecule has 112 valence electrons. The summed E-state index contributed by atoms with van der Waals surface area (Å²) < 4.78 is 51.7. The van der Waals surface area contributed by atoms with Gasteiger partial charge in [0.05, 0.1) is 5.56 Å². The largest absolute Gasteiger partial charge is 0.416 e. The molecule has 0 spiro atoms. The van der Waals surface area contributed by atoms with E-state index in [2.05, 4.69) is 0 Å². The summed E-state index contributed by atoms with van der Waals surface area (Å²) >= 11 is 0. The Hall–Kier alpha value is -1.84. The van der Waals surface area contributed by atoms with Crippen LogP contribution in [0.5, 0.6) is 0 Å². The molecule has 0 N–H and O–H groups in total. The van der Waals surface area contributed by atoms with E-state index in [0.717, 1.165) is 11.6 Å². The molecule has 0 amide bonds. The SMILES string of the molecule is CC(C)(C)c1cccc(-c2ccc(C(F)(F)F)cc2F)c1. The maximum Gasteiger partial charge on any atom is 0.416 e. The van der Waals surface area contributed by atoms with E-state index in [0.29, 0.717) is 11.6 Å². The zero-order chi connectivity index (χ0) is 15.8. The standard InChI is InChI=1S/C17H16F4/c1-16(2,3)12-6-4-5-11(9-12)14-8-7-13(10-15(14)18)17(19,20)21/h4-10H,1-3H3. The lowest BCUT2D eigenvalue weighted by Crippen LogP contribution is -2.10. The van der Waals surface area contributed by atoms with Crippen molar-refractivity contribution in [1.82, 2.24) is 0 Å². The molecule has 0 bridgehead atoms. The number of hydrogen-bond acceptors (Lipinski definition) is 0. The topological polar surface area (TPSA) is 0 Å². The molecule has 2 aromatic carbocycles. The van der Waals surface area contributed by atoms with Crippen molar-refractivity contribution < 1.29 is 17.6 Å². The number of hydrogen-bond donors (Lipinski definition) is 0. The number of halogens is 4. The van der Waals surface area contributed by atoms with E-state index in [4.69, 9.17) is 0 Å². The fourth-order valence-corrected chi connectivity index (χ4v) is 2.08. The Morgan fingerprint density at radius 2 is 1.48 bits per heavy atom. The van der Waals surface area contributed by atoms with Crippen molar-refractivity contribution in [3.05, 3.63) is 59.4 Å². The Kier molecular flexibility index (Phi) is 3.83. The average molecular weight is 296 g/mol. The average Bonchev–Trinajstić information content (AvgIpc) is 2.36. The van der Waals surface area contributed by atoms with Gasteiger partial charge in [0, 0.05) is 5.56 Å². The Morgan fingerprint density at radius 1 is 0.810 bits per heavy atom. The smallest absolute Gasteiger partial charge is 0.206 e. The Morgan fingerprint density at radius 3 is 2.00 bits per heavy atom. The lowest BCUT2D eigenvalue weighted by atomic mass is 9.85. The van der Waals surface area contributed by atoms with E-state index in [9.17, 15) is 17.6 Å². The van der Waals surface area contributed by atoms with Gasteiger partial charge in [-0.25, -0.2) is 4.39 Å². The highest BCUT2D eigenvalue weighted by atomic mass is 19.4. The molecule has 2 rings (SSSR count). The third kappa shape index (κ3) is 3.43. The Bertz CT molecular complexity index is 649. The molecular weight excluding hydrogens is 280 g/mol. The normalized spacial score (nSPS) is 12.5. The summed E-state index contributed by atoms with van der Waals surface area (Å²) in [4.78, 5) is 0. The second-order valence-electron chi connectivity index (χ2n) is 6.02. The molecule has 2 aromatic rings. The fourth-order valence-electron chi connectivity index (χ4n) is 2.08. The van der Waals surface area contributed by atoms with E-state index in [1.54, 1.807) is 12.1 Å². The van der Waals surface area contributed by atoms with Gasteiger partial charge in [0.15, 0.2) is 0 Å². The van der Waals surface area contributed by atoms with Gasteiger partial charge >= 0.3 is 6.18 Å². The van der Waals surface area contributed by atoms with Crippen LogP contribution < -0.4 is 0 Å². The van der Waals surface area contributed by atoms with Crippen LogP contribution in [-0.2, 0) is 11.6 Å². The van der Waals surface area contributed by atoms with E-state index < -0.39 is 17.6 Å². The fraction of sp³-hybridized carbons (Fsp3) is 0.294. The second-order valence-corrected chi connectivity index (χ2v) is 6.02. The zero-order valence-electron chi connectivity index (χ0n) is 12.1. The first-order valence-electron chi connectivity index (χ1n) is 6.57. The van der Waals surface area contributed by atoms with Gasteiger partial charge in [0.2, 0.25) is 0 Å². The summed E-state index contributed by atoms with van der Waals surface area (Å²) in [5.41, 5.74) is 0.663. The third-order valence-electron chi connectivity index (χ3n) is 3.34. The molecule has 0 aliphatic carbocycles.